The highest BCUT2D eigenvalue weighted by Crippen LogP contribution is 2.38. The number of nitrogens with zero attached hydrogens (tertiary/aromatic N) is 2. The maximum Gasteiger partial charge on any atom is 0.160 e. The Hall–Kier alpha value is -7.16. The van der Waals surface area contributed by atoms with Crippen LogP contribution in [0, 0.1) is 0 Å². The smallest absolute Gasteiger partial charge is 0.160 e. The van der Waals surface area contributed by atoms with Crippen LogP contribution in [0.25, 0.3) is 99.6 Å². The quantitative estimate of drug-likeness (QED) is 0.163. The van der Waals surface area contributed by atoms with E-state index in [4.69, 9.17) is 9.97 Å². The van der Waals surface area contributed by atoms with Crippen LogP contribution in [0.15, 0.2) is 206 Å². The van der Waals surface area contributed by atoms with Crippen molar-refractivity contribution in [1.82, 2.24) is 9.97 Å². The summed E-state index contributed by atoms with van der Waals surface area (Å²) < 4.78 is 0. The SMILES string of the molecule is c1ccc(-c2ccc(-c3cc(-c4ccc(-c5ccccc5)cc4)nc(-c4cccc(-c5ccc6c7ccccc7c7ccccc7c6c5)c4)n3)cc2)cc1. The number of aromatic nitrogens is 2. The summed E-state index contributed by atoms with van der Waals surface area (Å²) in [6.07, 6.45) is 0. The van der Waals surface area contributed by atoms with E-state index in [-0.39, 0.29) is 0 Å². The highest BCUT2D eigenvalue weighted by Gasteiger charge is 2.14. The van der Waals surface area contributed by atoms with E-state index in [1.165, 1.54) is 54.6 Å². The van der Waals surface area contributed by atoms with E-state index >= 15 is 0 Å². The van der Waals surface area contributed by atoms with Crippen molar-refractivity contribution in [3.63, 3.8) is 0 Å². The molecule has 0 radical (unpaired) electrons. The van der Waals surface area contributed by atoms with Gasteiger partial charge in [-0.05, 0) is 83.9 Å². The van der Waals surface area contributed by atoms with Gasteiger partial charge in [0.1, 0.15) is 0 Å². The Kier molecular flexibility index (Phi) is 7.85. The minimum Gasteiger partial charge on any atom is -0.228 e. The summed E-state index contributed by atoms with van der Waals surface area (Å²) in [5, 5.41) is 7.62. The van der Waals surface area contributed by atoms with Crippen LogP contribution in [0.1, 0.15) is 0 Å². The molecule has 0 N–H and O–H groups in total. The molecule has 0 saturated carbocycles. The number of benzene rings is 9. The molecule has 0 atom stereocenters. The van der Waals surface area contributed by atoms with Crippen LogP contribution in [-0.2, 0) is 0 Å². The van der Waals surface area contributed by atoms with E-state index in [1.807, 2.05) is 12.1 Å². The first-order valence-electron chi connectivity index (χ1n) is 18.4. The second kappa shape index (κ2) is 13.4. The highest BCUT2D eigenvalue weighted by atomic mass is 14.9. The Morgan fingerprint density at radius 2 is 0.556 bits per heavy atom. The van der Waals surface area contributed by atoms with Crippen molar-refractivity contribution in [3.05, 3.63) is 206 Å². The molecule has 0 amide bonds. The third kappa shape index (κ3) is 5.81. The van der Waals surface area contributed by atoms with E-state index in [1.54, 1.807) is 0 Å². The lowest BCUT2D eigenvalue weighted by molar-refractivity contribution is 1.18. The zero-order chi connectivity index (χ0) is 35.8. The van der Waals surface area contributed by atoms with Gasteiger partial charge in [-0.1, -0.05) is 188 Å². The third-order valence-corrected chi connectivity index (χ3v) is 10.5. The van der Waals surface area contributed by atoms with Gasteiger partial charge < -0.3 is 0 Å². The molecule has 0 aliphatic carbocycles. The molecule has 1 heterocycles. The van der Waals surface area contributed by atoms with Gasteiger partial charge >= 0.3 is 0 Å². The molecule has 2 heteroatoms. The summed E-state index contributed by atoms with van der Waals surface area (Å²) in [7, 11) is 0. The van der Waals surface area contributed by atoms with Crippen molar-refractivity contribution in [2.45, 2.75) is 0 Å². The molecular weight excluding hydrogens is 653 g/mol. The summed E-state index contributed by atoms with van der Waals surface area (Å²) >= 11 is 0. The molecule has 0 bridgehead atoms. The number of hydrogen-bond acceptors (Lipinski definition) is 2. The Morgan fingerprint density at radius 3 is 1.07 bits per heavy atom. The fourth-order valence-electron chi connectivity index (χ4n) is 7.73. The number of rotatable bonds is 6. The molecule has 0 saturated heterocycles. The number of hydrogen-bond donors (Lipinski definition) is 0. The summed E-state index contributed by atoms with van der Waals surface area (Å²) in [6.45, 7) is 0. The van der Waals surface area contributed by atoms with Gasteiger partial charge in [0.2, 0.25) is 0 Å². The summed E-state index contributed by atoms with van der Waals surface area (Å²) in [5.41, 5.74) is 11.9. The van der Waals surface area contributed by atoms with Gasteiger partial charge in [0.05, 0.1) is 11.4 Å². The summed E-state index contributed by atoms with van der Waals surface area (Å²) in [4.78, 5) is 10.4. The standard InChI is InChI=1S/C52H34N2/c1-3-12-35(13-4-1)37-22-26-39(27-23-37)50-34-51(40-28-24-38(25-29-40)36-14-5-2-6-15-36)54-52(53-50)43-17-11-16-41(32-43)42-30-31-48-46-20-8-7-18-44(46)45-19-9-10-21-47(45)49(48)33-42/h1-34H. The van der Waals surface area contributed by atoms with Crippen molar-refractivity contribution >= 4 is 32.3 Å². The topological polar surface area (TPSA) is 25.8 Å². The molecule has 1 aromatic heterocycles. The van der Waals surface area contributed by atoms with Crippen LogP contribution >= 0.6 is 0 Å². The molecule has 0 fully saturated rings. The van der Waals surface area contributed by atoms with Crippen molar-refractivity contribution in [3.8, 4) is 67.3 Å². The van der Waals surface area contributed by atoms with Gasteiger partial charge in [-0.25, -0.2) is 9.97 Å². The lowest BCUT2D eigenvalue weighted by atomic mass is 9.92. The van der Waals surface area contributed by atoms with E-state index < -0.39 is 0 Å². The van der Waals surface area contributed by atoms with Gasteiger partial charge in [0.15, 0.2) is 5.82 Å². The van der Waals surface area contributed by atoms with Gasteiger partial charge in [-0.15, -0.1) is 0 Å². The second-order valence-electron chi connectivity index (χ2n) is 13.8. The van der Waals surface area contributed by atoms with E-state index in [9.17, 15) is 0 Å². The zero-order valence-corrected chi connectivity index (χ0v) is 29.5. The van der Waals surface area contributed by atoms with Gasteiger partial charge in [0.25, 0.3) is 0 Å². The number of fused-ring (bicyclic) bond motifs is 6. The molecule has 0 unspecified atom stereocenters. The molecule has 9 aromatic carbocycles. The van der Waals surface area contributed by atoms with E-state index in [0.717, 1.165) is 39.2 Å². The molecule has 0 aliphatic rings. The Balaban J connectivity index is 1.09. The fourth-order valence-corrected chi connectivity index (χ4v) is 7.73. The van der Waals surface area contributed by atoms with Crippen LogP contribution in [0.2, 0.25) is 0 Å². The molecular formula is C52H34N2. The normalized spacial score (nSPS) is 11.3. The minimum absolute atomic E-state index is 0.695. The zero-order valence-electron chi connectivity index (χ0n) is 29.5. The van der Waals surface area contributed by atoms with Crippen LogP contribution in [0.3, 0.4) is 0 Å². The maximum atomic E-state index is 5.22. The first-order chi connectivity index (χ1) is 26.7. The van der Waals surface area contributed by atoms with Crippen LogP contribution in [0.4, 0.5) is 0 Å². The molecule has 0 spiro atoms. The van der Waals surface area contributed by atoms with E-state index in [0.29, 0.717) is 5.82 Å². The molecule has 2 nitrogen and oxygen atoms in total. The Morgan fingerprint density at radius 1 is 0.204 bits per heavy atom. The van der Waals surface area contributed by atoms with Crippen LogP contribution < -0.4 is 0 Å². The van der Waals surface area contributed by atoms with Crippen LogP contribution in [0.5, 0.6) is 0 Å². The average molecular weight is 687 g/mol. The average Bonchev–Trinajstić information content (AvgIpc) is 3.27. The fraction of sp³-hybridized carbons (Fsp3) is 0. The largest absolute Gasteiger partial charge is 0.228 e. The van der Waals surface area contributed by atoms with Gasteiger partial charge in [-0.3, -0.25) is 0 Å². The van der Waals surface area contributed by atoms with Gasteiger partial charge in [0, 0.05) is 16.7 Å². The van der Waals surface area contributed by atoms with E-state index in [2.05, 4.69) is 194 Å². The summed E-state index contributed by atoms with van der Waals surface area (Å²) in [5.74, 6) is 0.695. The molecule has 252 valence electrons. The van der Waals surface area contributed by atoms with Crippen molar-refractivity contribution in [2.75, 3.05) is 0 Å². The minimum atomic E-state index is 0.695. The second-order valence-corrected chi connectivity index (χ2v) is 13.8. The lowest BCUT2D eigenvalue weighted by Gasteiger charge is -2.13. The summed E-state index contributed by atoms with van der Waals surface area (Å²) in [6, 6.07) is 73.4. The Bertz CT molecular complexity index is 2810. The van der Waals surface area contributed by atoms with Crippen molar-refractivity contribution in [1.29, 1.82) is 0 Å². The Labute approximate surface area is 314 Å². The third-order valence-electron chi connectivity index (χ3n) is 10.5. The molecule has 54 heavy (non-hydrogen) atoms. The monoisotopic (exact) mass is 686 g/mol. The predicted molar refractivity (Wildman–Crippen MR) is 227 cm³/mol. The first kappa shape index (κ1) is 31.6. The predicted octanol–water partition coefficient (Wildman–Crippen LogP) is 13.9. The molecule has 0 aliphatic heterocycles. The van der Waals surface area contributed by atoms with Crippen molar-refractivity contribution in [2.24, 2.45) is 0 Å². The van der Waals surface area contributed by atoms with Crippen molar-refractivity contribution < 1.29 is 0 Å². The molecule has 10 rings (SSSR count). The first-order valence-corrected chi connectivity index (χ1v) is 18.4. The maximum absolute atomic E-state index is 5.22. The highest BCUT2D eigenvalue weighted by molar-refractivity contribution is 6.25. The lowest BCUT2D eigenvalue weighted by Crippen LogP contribution is -1.96. The van der Waals surface area contributed by atoms with Crippen LogP contribution in [-0.4, -0.2) is 9.97 Å². The van der Waals surface area contributed by atoms with Gasteiger partial charge in [-0.2, -0.15) is 0 Å². The molecule has 10 aromatic rings.